The Kier molecular flexibility index (Phi) is 2.77. The van der Waals surface area contributed by atoms with E-state index in [1.165, 1.54) is 11.1 Å². The van der Waals surface area contributed by atoms with Crippen LogP contribution in [0.3, 0.4) is 0 Å². The van der Waals surface area contributed by atoms with Gasteiger partial charge in [-0.05, 0) is 23.6 Å². The van der Waals surface area contributed by atoms with Gasteiger partial charge in [-0.25, -0.2) is 9.67 Å². The number of benzene rings is 1. The van der Waals surface area contributed by atoms with Gasteiger partial charge in [-0.2, -0.15) is 10.1 Å². The summed E-state index contributed by atoms with van der Waals surface area (Å²) in [5.41, 5.74) is 16.7. The maximum atomic E-state index is 6.03. The zero-order valence-electron chi connectivity index (χ0n) is 12.2. The van der Waals surface area contributed by atoms with Crippen molar-refractivity contribution >= 4 is 22.8 Å². The van der Waals surface area contributed by atoms with Crippen LogP contribution in [0.4, 0.5) is 11.8 Å². The highest BCUT2D eigenvalue weighted by molar-refractivity contribution is 5.98. The Morgan fingerprint density at radius 3 is 2.91 bits per heavy atom. The number of ether oxygens (including phenoxy) is 1. The molecule has 1 aliphatic heterocycles. The van der Waals surface area contributed by atoms with Gasteiger partial charge in [0.25, 0.3) is 0 Å². The average molecular weight is 296 g/mol. The number of fused-ring (bicyclic) bond motifs is 2. The Balaban J connectivity index is 1.97. The Morgan fingerprint density at radius 1 is 1.18 bits per heavy atom. The normalized spacial score (nSPS) is 14.2. The van der Waals surface area contributed by atoms with Crippen LogP contribution >= 0.6 is 0 Å². The molecule has 0 saturated heterocycles. The molecule has 3 heterocycles. The van der Waals surface area contributed by atoms with E-state index in [4.69, 9.17) is 16.2 Å². The van der Waals surface area contributed by atoms with Crippen LogP contribution in [0.1, 0.15) is 11.1 Å². The number of hydrogen-bond donors (Lipinski definition) is 2. The minimum Gasteiger partial charge on any atom is -0.382 e. The first-order valence-electron chi connectivity index (χ1n) is 7.09. The molecular weight excluding hydrogens is 280 g/mol. The second-order valence-electron chi connectivity index (χ2n) is 5.42. The highest BCUT2D eigenvalue weighted by Crippen LogP contribution is 2.32. The van der Waals surface area contributed by atoms with Crippen molar-refractivity contribution in [2.24, 2.45) is 7.05 Å². The molecule has 4 rings (SSSR count). The molecule has 112 valence electrons. The number of hydrogen-bond acceptors (Lipinski definition) is 6. The van der Waals surface area contributed by atoms with Gasteiger partial charge in [-0.1, -0.05) is 12.1 Å². The fourth-order valence-electron chi connectivity index (χ4n) is 2.92. The Bertz CT molecular complexity index is 885. The Hall–Kier alpha value is -2.67. The molecule has 0 spiro atoms. The predicted octanol–water partition coefficient (Wildman–Crippen LogP) is 1.27. The van der Waals surface area contributed by atoms with E-state index in [2.05, 4.69) is 27.2 Å². The molecule has 4 N–H and O–H groups in total. The molecule has 7 heteroatoms. The van der Waals surface area contributed by atoms with Gasteiger partial charge in [0.1, 0.15) is 0 Å². The highest BCUT2D eigenvalue weighted by atomic mass is 16.5. The maximum Gasteiger partial charge on any atom is 0.222 e. The van der Waals surface area contributed by atoms with Gasteiger partial charge in [0.15, 0.2) is 11.5 Å². The average Bonchev–Trinajstić information content (AvgIpc) is 2.80. The lowest BCUT2D eigenvalue weighted by molar-refractivity contribution is 0.111. The molecule has 0 fully saturated rings. The van der Waals surface area contributed by atoms with Crippen LogP contribution in [0.5, 0.6) is 0 Å². The van der Waals surface area contributed by atoms with Crippen molar-refractivity contribution in [3.8, 4) is 11.3 Å². The molecule has 22 heavy (non-hydrogen) atoms. The summed E-state index contributed by atoms with van der Waals surface area (Å²) < 4.78 is 7.15. The molecule has 1 aromatic carbocycles. The number of anilines is 2. The Labute approximate surface area is 126 Å². The molecule has 0 unspecified atom stereocenters. The summed E-state index contributed by atoms with van der Waals surface area (Å²) in [7, 11) is 1.79. The third-order valence-electron chi connectivity index (χ3n) is 3.98. The van der Waals surface area contributed by atoms with Crippen molar-refractivity contribution in [3.05, 3.63) is 29.3 Å². The first-order valence-corrected chi connectivity index (χ1v) is 7.09. The lowest BCUT2D eigenvalue weighted by atomic mass is 9.98. The number of aromatic nitrogens is 4. The second kappa shape index (κ2) is 4.67. The van der Waals surface area contributed by atoms with Gasteiger partial charge >= 0.3 is 0 Å². The monoisotopic (exact) mass is 296 g/mol. The van der Waals surface area contributed by atoms with Gasteiger partial charge in [0.05, 0.1) is 24.3 Å². The van der Waals surface area contributed by atoms with Crippen LogP contribution in [-0.2, 0) is 24.8 Å². The van der Waals surface area contributed by atoms with Gasteiger partial charge in [-0.15, -0.1) is 0 Å². The quantitative estimate of drug-likeness (QED) is 0.700. The number of nitrogen functional groups attached to an aromatic ring is 2. The molecule has 0 saturated carbocycles. The summed E-state index contributed by atoms with van der Waals surface area (Å²) in [4.78, 5) is 8.62. The zero-order valence-corrected chi connectivity index (χ0v) is 12.2. The fourth-order valence-corrected chi connectivity index (χ4v) is 2.92. The fraction of sp³-hybridized carbons (Fsp3) is 0.267. The zero-order chi connectivity index (χ0) is 15.3. The van der Waals surface area contributed by atoms with Gasteiger partial charge < -0.3 is 16.2 Å². The van der Waals surface area contributed by atoms with E-state index in [0.29, 0.717) is 23.8 Å². The minimum atomic E-state index is 0.208. The van der Waals surface area contributed by atoms with Crippen molar-refractivity contribution in [1.82, 2.24) is 19.7 Å². The van der Waals surface area contributed by atoms with Crippen LogP contribution in [0, 0.1) is 0 Å². The first-order chi connectivity index (χ1) is 10.6. The van der Waals surface area contributed by atoms with Crippen molar-refractivity contribution in [2.45, 2.75) is 13.0 Å². The van der Waals surface area contributed by atoms with Gasteiger partial charge in [0.2, 0.25) is 5.95 Å². The van der Waals surface area contributed by atoms with E-state index in [-0.39, 0.29) is 5.95 Å². The van der Waals surface area contributed by atoms with Crippen molar-refractivity contribution in [2.75, 3.05) is 18.1 Å². The summed E-state index contributed by atoms with van der Waals surface area (Å²) in [6.07, 6.45) is 0.936. The van der Waals surface area contributed by atoms with Crippen LogP contribution < -0.4 is 11.5 Å². The molecule has 0 aliphatic carbocycles. The minimum absolute atomic E-state index is 0.208. The van der Waals surface area contributed by atoms with Crippen LogP contribution in [-0.4, -0.2) is 26.4 Å². The second-order valence-corrected chi connectivity index (χ2v) is 5.42. The number of rotatable bonds is 1. The summed E-state index contributed by atoms with van der Waals surface area (Å²) >= 11 is 0. The first kappa shape index (κ1) is 13.0. The predicted molar refractivity (Wildman–Crippen MR) is 83.9 cm³/mol. The van der Waals surface area contributed by atoms with Crippen molar-refractivity contribution < 1.29 is 4.74 Å². The summed E-state index contributed by atoms with van der Waals surface area (Å²) in [5, 5.41) is 4.95. The molecule has 0 bridgehead atoms. The summed E-state index contributed by atoms with van der Waals surface area (Å²) in [6.45, 7) is 1.39. The van der Waals surface area contributed by atoms with E-state index >= 15 is 0 Å². The Morgan fingerprint density at radius 2 is 2.05 bits per heavy atom. The van der Waals surface area contributed by atoms with Gasteiger partial charge in [-0.3, -0.25) is 0 Å². The van der Waals surface area contributed by atoms with Gasteiger partial charge in [0, 0.05) is 12.6 Å². The van der Waals surface area contributed by atoms with Crippen LogP contribution in [0.2, 0.25) is 0 Å². The standard InChI is InChI=1S/C15H16N6O/c1-21-14-11(13(16)20-21)12(18-15(17)19-14)9-3-2-8-4-5-22-7-10(8)6-9/h2-3,6H,4-5,7H2,1H3,(H2,16,20)(H2,17,18,19). The maximum absolute atomic E-state index is 6.03. The number of nitrogens with two attached hydrogens (primary N) is 2. The molecule has 1 aliphatic rings. The smallest absolute Gasteiger partial charge is 0.222 e. The molecule has 7 nitrogen and oxygen atoms in total. The molecule has 0 amide bonds. The molecular formula is C15H16N6O. The third-order valence-corrected chi connectivity index (χ3v) is 3.98. The van der Waals surface area contributed by atoms with Crippen molar-refractivity contribution in [1.29, 1.82) is 0 Å². The lowest BCUT2D eigenvalue weighted by Crippen LogP contribution is -2.09. The molecule has 0 atom stereocenters. The van der Waals surface area contributed by atoms with Crippen LogP contribution in [0.15, 0.2) is 18.2 Å². The number of aryl methyl sites for hydroxylation is 1. The summed E-state index contributed by atoms with van der Waals surface area (Å²) in [6, 6.07) is 6.24. The molecule has 3 aromatic rings. The van der Waals surface area contributed by atoms with E-state index in [1.54, 1.807) is 11.7 Å². The number of nitrogens with zero attached hydrogens (tertiary/aromatic N) is 4. The van der Waals surface area contributed by atoms with E-state index in [1.807, 2.05) is 6.07 Å². The molecule has 2 aromatic heterocycles. The summed E-state index contributed by atoms with van der Waals surface area (Å²) in [5.74, 6) is 0.612. The SMILES string of the molecule is Cn1nc(N)c2c(-c3ccc4c(c3)COCC4)nc(N)nc21. The van der Waals surface area contributed by atoms with E-state index in [9.17, 15) is 0 Å². The van der Waals surface area contributed by atoms with Crippen molar-refractivity contribution in [3.63, 3.8) is 0 Å². The van der Waals surface area contributed by atoms with Crippen LogP contribution in [0.25, 0.3) is 22.3 Å². The molecule has 0 radical (unpaired) electrons. The largest absolute Gasteiger partial charge is 0.382 e. The topological polar surface area (TPSA) is 105 Å². The van der Waals surface area contributed by atoms with E-state index < -0.39 is 0 Å². The van der Waals surface area contributed by atoms with E-state index in [0.717, 1.165) is 24.0 Å². The highest BCUT2D eigenvalue weighted by Gasteiger charge is 2.18. The lowest BCUT2D eigenvalue weighted by Gasteiger charge is -2.17. The third kappa shape index (κ3) is 1.90.